The average Bonchev–Trinajstić information content (AvgIpc) is 4.25. The summed E-state index contributed by atoms with van der Waals surface area (Å²) >= 11 is 0. The van der Waals surface area contributed by atoms with Crippen LogP contribution < -0.4 is 16.0 Å². The van der Waals surface area contributed by atoms with Crippen molar-refractivity contribution in [2.45, 2.75) is 37.5 Å². The maximum atomic E-state index is 14.1. The summed E-state index contributed by atoms with van der Waals surface area (Å²) < 4.78 is 14.6. The standard InChI is InChI=1S/C43H48N16O5/c1-56(14-16-63-5)43(62)39-35(23-59(4)55-39)53-41(37-33(49-29-20-46-25-47-21-29)13-11-31(51-37)27-8-9-27)64-17-15-57(2)42(61)38-34(22-58(3)54-38)52-40(60)36-32(48-28-18-44-24-45-19-28)12-10-30(50-36)26-6-7-26/h10-13,18-27,48-49H,6-9,14-17H2,1-5H3,(H,52,60). The quantitative estimate of drug-likeness (QED) is 0.0790. The molecule has 6 aromatic heterocycles. The van der Waals surface area contributed by atoms with E-state index in [1.54, 1.807) is 72.5 Å². The minimum Gasteiger partial charge on any atom is -0.474 e. The second-order valence-electron chi connectivity index (χ2n) is 15.6. The summed E-state index contributed by atoms with van der Waals surface area (Å²) in [6.45, 7) is 0.694. The van der Waals surface area contributed by atoms with E-state index in [1.165, 1.54) is 31.8 Å². The Morgan fingerprint density at radius 2 is 1.20 bits per heavy atom. The van der Waals surface area contributed by atoms with E-state index >= 15 is 0 Å². The third-order valence-electron chi connectivity index (χ3n) is 10.4. The van der Waals surface area contributed by atoms with Gasteiger partial charge in [0.15, 0.2) is 17.1 Å². The summed E-state index contributed by atoms with van der Waals surface area (Å²) in [5.74, 6) is -0.696. The summed E-state index contributed by atoms with van der Waals surface area (Å²) in [6, 6.07) is 7.57. The molecule has 0 spiro atoms. The van der Waals surface area contributed by atoms with Crippen LogP contribution in [-0.4, -0.2) is 130 Å². The maximum absolute atomic E-state index is 14.1. The van der Waals surface area contributed by atoms with E-state index in [-0.39, 0.29) is 59.3 Å². The first-order valence-corrected chi connectivity index (χ1v) is 20.7. The van der Waals surface area contributed by atoms with Gasteiger partial charge in [0.2, 0.25) is 5.90 Å². The SMILES string of the molecule is COCCN(C)C(=O)c1nn(C)cc1N=C(OCCN(C)C(=O)c1nn(C)cc1NC(=O)c1nc(C2CC2)ccc1Nc1cncnc1)c1nc(C2CC2)ccc1Nc1cncnc1. The number of likely N-dealkylation sites (N-methyl/N-ethyl adjacent to an activating group) is 2. The third kappa shape index (κ3) is 10.3. The van der Waals surface area contributed by atoms with Gasteiger partial charge < -0.3 is 35.2 Å². The van der Waals surface area contributed by atoms with Crippen molar-refractivity contribution in [2.24, 2.45) is 19.1 Å². The lowest BCUT2D eigenvalue weighted by atomic mass is 10.2. The molecule has 2 saturated carbocycles. The topological polar surface area (TPSA) is 238 Å². The number of aromatic nitrogens is 10. The van der Waals surface area contributed by atoms with Crippen LogP contribution >= 0.6 is 0 Å². The predicted octanol–water partition coefficient (Wildman–Crippen LogP) is 4.60. The van der Waals surface area contributed by atoms with E-state index in [0.29, 0.717) is 47.5 Å². The highest BCUT2D eigenvalue weighted by Gasteiger charge is 2.30. The van der Waals surface area contributed by atoms with Gasteiger partial charge in [-0.15, -0.1) is 0 Å². The van der Waals surface area contributed by atoms with Gasteiger partial charge in [-0.25, -0.2) is 34.9 Å². The van der Waals surface area contributed by atoms with Gasteiger partial charge in [0.25, 0.3) is 17.7 Å². The number of methoxy groups -OCH3 is 1. The maximum Gasteiger partial charge on any atom is 0.276 e. The smallest absolute Gasteiger partial charge is 0.276 e. The Labute approximate surface area is 368 Å². The highest BCUT2D eigenvalue weighted by atomic mass is 16.5. The Balaban J connectivity index is 1.05. The number of nitrogens with zero attached hydrogens (tertiary/aromatic N) is 13. The molecule has 0 saturated heterocycles. The molecule has 64 heavy (non-hydrogen) atoms. The molecular weight excluding hydrogens is 821 g/mol. The number of anilines is 5. The van der Waals surface area contributed by atoms with E-state index in [0.717, 1.165) is 37.1 Å². The number of pyridine rings is 2. The van der Waals surface area contributed by atoms with E-state index < -0.39 is 11.8 Å². The van der Waals surface area contributed by atoms with Gasteiger partial charge in [0.05, 0.1) is 72.6 Å². The van der Waals surface area contributed by atoms with Gasteiger partial charge in [-0.2, -0.15) is 10.2 Å². The zero-order valence-electron chi connectivity index (χ0n) is 36.1. The van der Waals surface area contributed by atoms with Crippen LogP contribution in [0.25, 0.3) is 0 Å². The summed E-state index contributed by atoms with van der Waals surface area (Å²) in [6.07, 6.45) is 16.5. The number of rotatable bonds is 18. The van der Waals surface area contributed by atoms with Crippen LogP contribution in [0.2, 0.25) is 0 Å². The molecule has 330 valence electrons. The van der Waals surface area contributed by atoms with E-state index in [9.17, 15) is 14.4 Å². The van der Waals surface area contributed by atoms with Gasteiger partial charge in [-0.1, -0.05) is 0 Å². The first kappa shape index (κ1) is 43.0. The lowest BCUT2D eigenvalue weighted by Gasteiger charge is -2.19. The van der Waals surface area contributed by atoms with Crippen molar-refractivity contribution in [3.8, 4) is 0 Å². The van der Waals surface area contributed by atoms with Crippen molar-refractivity contribution in [3.05, 3.63) is 108 Å². The van der Waals surface area contributed by atoms with Crippen molar-refractivity contribution in [1.29, 1.82) is 0 Å². The van der Waals surface area contributed by atoms with Crippen molar-refractivity contribution in [1.82, 2.24) is 59.3 Å². The molecule has 2 aliphatic rings. The molecule has 3 amide bonds. The number of carbonyl (C=O) groups is 3. The number of amides is 3. The third-order valence-corrected chi connectivity index (χ3v) is 10.4. The van der Waals surface area contributed by atoms with Gasteiger partial charge >= 0.3 is 0 Å². The fourth-order valence-electron chi connectivity index (χ4n) is 6.70. The molecule has 0 atom stereocenters. The highest BCUT2D eigenvalue weighted by Crippen LogP contribution is 2.41. The Morgan fingerprint density at radius 3 is 1.78 bits per heavy atom. The number of nitrogens with one attached hydrogen (secondary N) is 3. The summed E-state index contributed by atoms with van der Waals surface area (Å²) in [5, 5.41) is 18.3. The van der Waals surface area contributed by atoms with Crippen molar-refractivity contribution >= 4 is 57.7 Å². The number of hydrogen-bond donors (Lipinski definition) is 3. The first-order chi connectivity index (χ1) is 31.0. The molecule has 0 aromatic carbocycles. The van der Waals surface area contributed by atoms with E-state index in [2.05, 4.69) is 46.1 Å². The number of carbonyl (C=O) groups excluding carboxylic acids is 3. The largest absolute Gasteiger partial charge is 0.474 e. The fraction of sp³-hybridized carbons (Fsp3) is 0.349. The molecule has 2 aliphatic carbocycles. The zero-order chi connectivity index (χ0) is 44.7. The van der Waals surface area contributed by atoms with Crippen LogP contribution in [0.3, 0.4) is 0 Å². The molecule has 6 heterocycles. The minimum atomic E-state index is -0.527. The van der Waals surface area contributed by atoms with Gasteiger partial charge in [-0.3, -0.25) is 23.7 Å². The zero-order valence-corrected chi connectivity index (χ0v) is 36.1. The molecule has 6 aromatic rings. The Hall–Kier alpha value is -7.68. The molecule has 0 radical (unpaired) electrons. The predicted molar refractivity (Wildman–Crippen MR) is 235 cm³/mol. The molecule has 0 unspecified atom stereocenters. The molecule has 21 heteroatoms. The lowest BCUT2D eigenvalue weighted by molar-refractivity contribution is 0.0736. The molecular formula is C43H48N16O5. The Kier molecular flexibility index (Phi) is 12.9. The van der Waals surface area contributed by atoms with Crippen LogP contribution in [0.5, 0.6) is 0 Å². The summed E-state index contributed by atoms with van der Waals surface area (Å²) in [5.41, 5.74) is 4.98. The fourth-order valence-corrected chi connectivity index (χ4v) is 6.70. The molecule has 2 fully saturated rings. The molecule has 3 N–H and O–H groups in total. The van der Waals surface area contributed by atoms with E-state index in [4.69, 9.17) is 24.4 Å². The van der Waals surface area contributed by atoms with Crippen LogP contribution in [0.1, 0.15) is 86.1 Å². The van der Waals surface area contributed by atoms with Crippen LogP contribution in [0.15, 0.2) is 79.1 Å². The molecule has 0 bridgehead atoms. The number of ether oxygens (including phenoxy) is 2. The number of aryl methyl sites for hydroxylation is 2. The minimum absolute atomic E-state index is 0.0167. The van der Waals surface area contributed by atoms with Crippen molar-refractivity contribution in [2.75, 3.05) is 63.5 Å². The first-order valence-electron chi connectivity index (χ1n) is 20.7. The van der Waals surface area contributed by atoms with Gasteiger partial charge in [-0.05, 0) is 49.9 Å². The van der Waals surface area contributed by atoms with E-state index in [1.807, 2.05) is 24.3 Å². The Morgan fingerprint density at radius 1 is 0.688 bits per heavy atom. The molecule has 0 aliphatic heterocycles. The van der Waals surface area contributed by atoms with Crippen LogP contribution in [-0.2, 0) is 23.6 Å². The Bertz CT molecular complexity index is 2660. The summed E-state index contributed by atoms with van der Waals surface area (Å²) in [4.78, 5) is 75.7. The average molecular weight is 869 g/mol. The molecule has 21 nitrogen and oxygen atoms in total. The molecule has 8 rings (SSSR count). The van der Waals surface area contributed by atoms with Crippen LogP contribution in [0, 0.1) is 0 Å². The second kappa shape index (κ2) is 19.2. The summed E-state index contributed by atoms with van der Waals surface area (Å²) in [7, 11) is 8.20. The number of aliphatic imine (C=N–C) groups is 1. The van der Waals surface area contributed by atoms with Crippen molar-refractivity contribution in [3.63, 3.8) is 0 Å². The van der Waals surface area contributed by atoms with Crippen molar-refractivity contribution < 1.29 is 23.9 Å². The van der Waals surface area contributed by atoms with Gasteiger partial charge in [0.1, 0.15) is 30.6 Å². The lowest BCUT2D eigenvalue weighted by Crippen LogP contribution is -2.32. The number of hydrogen-bond acceptors (Lipinski definition) is 16. The monoisotopic (exact) mass is 868 g/mol. The second-order valence-corrected chi connectivity index (χ2v) is 15.6. The normalized spacial score (nSPS) is 13.6. The highest BCUT2D eigenvalue weighted by molar-refractivity contribution is 6.10. The van der Waals surface area contributed by atoms with Gasteiger partial charge in [0, 0.05) is 71.3 Å². The van der Waals surface area contributed by atoms with Crippen LogP contribution in [0.4, 0.5) is 34.1 Å².